The molecule has 4 amide bonds. The van der Waals surface area contributed by atoms with Gasteiger partial charge in [0.15, 0.2) is 0 Å². The average molecular weight is 421 g/mol. The molecule has 9 N–H and O–H groups in total. The summed E-state index contributed by atoms with van der Waals surface area (Å²) in [7, 11) is 0. The van der Waals surface area contributed by atoms with E-state index in [1.54, 1.807) is 0 Å². The molecule has 0 saturated carbocycles. The van der Waals surface area contributed by atoms with Crippen LogP contribution in [-0.4, -0.2) is 83.1 Å². The highest BCUT2D eigenvalue weighted by atomic mass is 32.2. The number of aliphatic carboxylic acids is 1. The second kappa shape index (κ2) is 13.7. The minimum absolute atomic E-state index is 0.142. The molecule has 28 heavy (non-hydrogen) atoms. The standard InChI is InChI=1S/C15H27N5O7S/c1-28-5-4-8(16)13(25)19-9(2-3-11(17)22)15(27)20-10(7-21)14(26)18-6-12(23)24/h8-10,21H,2-7,16H2,1H3,(H2,17,22)(H,18,26)(H,19,25)(H,20,27)(H,23,24)/t8-,9-,10-/m0/s1. The van der Waals surface area contributed by atoms with Crippen molar-refractivity contribution in [2.75, 3.05) is 25.2 Å². The lowest BCUT2D eigenvalue weighted by Gasteiger charge is -2.23. The average Bonchev–Trinajstić information content (AvgIpc) is 2.64. The lowest BCUT2D eigenvalue weighted by Crippen LogP contribution is -2.57. The smallest absolute Gasteiger partial charge is 0.322 e. The summed E-state index contributed by atoms with van der Waals surface area (Å²) in [6.07, 6.45) is 1.86. The van der Waals surface area contributed by atoms with Crippen LogP contribution in [0.15, 0.2) is 0 Å². The molecular weight excluding hydrogens is 394 g/mol. The number of hydrogen-bond donors (Lipinski definition) is 7. The van der Waals surface area contributed by atoms with Gasteiger partial charge < -0.3 is 37.6 Å². The van der Waals surface area contributed by atoms with Crippen LogP contribution in [0.5, 0.6) is 0 Å². The minimum atomic E-state index is -1.44. The van der Waals surface area contributed by atoms with Gasteiger partial charge in [-0.3, -0.25) is 24.0 Å². The zero-order valence-corrected chi connectivity index (χ0v) is 16.3. The van der Waals surface area contributed by atoms with Crippen LogP contribution in [0.2, 0.25) is 0 Å². The molecule has 0 aromatic carbocycles. The van der Waals surface area contributed by atoms with Crippen molar-refractivity contribution in [3.8, 4) is 0 Å². The number of carboxylic acid groups (broad SMARTS) is 1. The number of rotatable bonds is 14. The van der Waals surface area contributed by atoms with Gasteiger partial charge in [-0.2, -0.15) is 11.8 Å². The Morgan fingerprint density at radius 1 is 1.00 bits per heavy atom. The van der Waals surface area contributed by atoms with E-state index in [2.05, 4.69) is 10.6 Å². The number of carboxylic acids is 1. The van der Waals surface area contributed by atoms with Gasteiger partial charge in [-0.05, 0) is 24.9 Å². The van der Waals surface area contributed by atoms with Crippen LogP contribution < -0.4 is 27.4 Å². The van der Waals surface area contributed by atoms with Gasteiger partial charge in [0, 0.05) is 6.42 Å². The molecule has 0 unspecified atom stereocenters. The topological polar surface area (TPSA) is 214 Å². The Bertz CT molecular complexity index is 575. The van der Waals surface area contributed by atoms with Crippen LogP contribution in [0.1, 0.15) is 19.3 Å². The number of amides is 4. The van der Waals surface area contributed by atoms with Gasteiger partial charge in [0.1, 0.15) is 18.6 Å². The van der Waals surface area contributed by atoms with Crippen molar-refractivity contribution < 1.29 is 34.2 Å². The summed E-state index contributed by atoms with van der Waals surface area (Å²) in [5.74, 6) is -3.76. The number of carbonyl (C=O) groups is 5. The molecule has 3 atom stereocenters. The zero-order chi connectivity index (χ0) is 21.7. The number of carbonyl (C=O) groups excluding carboxylic acids is 4. The monoisotopic (exact) mass is 421 g/mol. The van der Waals surface area contributed by atoms with E-state index in [0.29, 0.717) is 12.2 Å². The van der Waals surface area contributed by atoms with E-state index in [4.69, 9.17) is 16.6 Å². The molecule has 0 heterocycles. The van der Waals surface area contributed by atoms with Crippen LogP contribution in [0.25, 0.3) is 0 Å². The van der Waals surface area contributed by atoms with Crippen molar-refractivity contribution in [1.82, 2.24) is 16.0 Å². The summed E-state index contributed by atoms with van der Waals surface area (Å²) in [6, 6.07) is -3.53. The molecule has 0 spiro atoms. The second-order valence-electron chi connectivity index (χ2n) is 5.81. The number of primary amides is 1. The first-order valence-electron chi connectivity index (χ1n) is 8.36. The first-order valence-corrected chi connectivity index (χ1v) is 9.75. The summed E-state index contributed by atoms with van der Waals surface area (Å²) >= 11 is 1.49. The third kappa shape index (κ3) is 10.7. The van der Waals surface area contributed by atoms with Crippen molar-refractivity contribution >= 4 is 41.4 Å². The van der Waals surface area contributed by atoms with Gasteiger partial charge in [0.2, 0.25) is 23.6 Å². The maximum atomic E-state index is 12.4. The van der Waals surface area contributed by atoms with Gasteiger partial charge in [0.05, 0.1) is 12.6 Å². The van der Waals surface area contributed by atoms with Crippen molar-refractivity contribution in [2.24, 2.45) is 11.5 Å². The molecule has 0 aliphatic carbocycles. The van der Waals surface area contributed by atoms with Crippen LogP contribution >= 0.6 is 11.8 Å². The molecular formula is C15H27N5O7S. The van der Waals surface area contributed by atoms with E-state index >= 15 is 0 Å². The molecule has 0 aliphatic heterocycles. The number of hydrogen-bond acceptors (Lipinski definition) is 8. The zero-order valence-electron chi connectivity index (χ0n) is 15.5. The summed E-state index contributed by atoms with van der Waals surface area (Å²) in [6.45, 7) is -1.50. The molecule has 13 heteroatoms. The number of thioether (sulfide) groups is 1. The van der Waals surface area contributed by atoms with Gasteiger partial charge in [-0.25, -0.2) is 0 Å². The summed E-state index contributed by atoms with van der Waals surface area (Å²) in [5, 5.41) is 24.4. The number of aliphatic hydroxyl groups excluding tert-OH is 1. The summed E-state index contributed by atoms with van der Waals surface area (Å²) in [5.41, 5.74) is 10.8. The van der Waals surface area contributed by atoms with Crippen molar-refractivity contribution in [1.29, 1.82) is 0 Å². The fourth-order valence-electron chi connectivity index (χ4n) is 1.96. The third-order valence-corrected chi connectivity index (χ3v) is 4.16. The molecule has 0 radical (unpaired) electrons. The molecule has 0 rings (SSSR count). The van der Waals surface area contributed by atoms with Gasteiger partial charge >= 0.3 is 5.97 Å². The predicted molar refractivity (Wildman–Crippen MR) is 101 cm³/mol. The van der Waals surface area contributed by atoms with Gasteiger partial charge in [-0.15, -0.1) is 0 Å². The normalized spacial score (nSPS) is 13.7. The molecule has 0 bridgehead atoms. The Morgan fingerprint density at radius 3 is 2.11 bits per heavy atom. The summed E-state index contributed by atoms with van der Waals surface area (Å²) < 4.78 is 0. The van der Waals surface area contributed by atoms with Crippen molar-refractivity contribution in [3.05, 3.63) is 0 Å². The molecule has 0 aromatic rings. The van der Waals surface area contributed by atoms with Crippen LogP contribution in [0, 0.1) is 0 Å². The molecule has 12 nitrogen and oxygen atoms in total. The van der Waals surface area contributed by atoms with Gasteiger partial charge in [0.25, 0.3) is 0 Å². The number of nitrogens with one attached hydrogen (secondary N) is 3. The lowest BCUT2D eigenvalue weighted by molar-refractivity contribution is -0.139. The Hall–Kier alpha value is -2.38. The van der Waals surface area contributed by atoms with Crippen molar-refractivity contribution in [2.45, 2.75) is 37.4 Å². The largest absolute Gasteiger partial charge is 0.480 e. The van der Waals surface area contributed by atoms with E-state index in [1.807, 2.05) is 11.6 Å². The SMILES string of the molecule is CSCC[C@H](N)C(=O)N[C@@H](CCC(N)=O)C(=O)N[C@@H](CO)C(=O)NCC(=O)O. The Balaban J connectivity index is 5.02. The molecule has 160 valence electrons. The highest BCUT2D eigenvalue weighted by Gasteiger charge is 2.28. The maximum Gasteiger partial charge on any atom is 0.322 e. The van der Waals surface area contributed by atoms with E-state index < -0.39 is 60.9 Å². The van der Waals surface area contributed by atoms with Gasteiger partial charge in [-0.1, -0.05) is 0 Å². The molecule has 0 saturated heterocycles. The van der Waals surface area contributed by atoms with E-state index in [1.165, 1.54) is 11.8 Å². The Kier molecular flexibility index (Phi) is 12.6. The Morgan fingerprint density at radius 2 is 1.61 bits per heavy atom. The lowest BCUT2D eigenvalue weighted by atomic mass is 10.1. The van der Waals surface area contributed by atoms with Crippen LogP contribution in [0.3, 0.4) is 0 Å². The van der Waals surface area contributed by atoms with E-state index in [9.17, 15) is 29.1 Å². The first kappa shape index (κ1) is 25.6. The fraction of sp³-hybridized carbons (Fsp3) is 0.667. The quantitative estimate of drug-likeness (QED) is 0.148. The summed E-state index contributed by atoms with van der Waals surface area (Å²) in [4.78, 5) is 57.9. The molecule has 0 fully saturated rings. The van der Waals surface area contributed by atoms with Crippen LogP contribution in [0.4, 0.5) is 0 Å². The maximum absolute atomic E-state index is 12.4. The van der Waals surface area contributed by atoms with E-state index in [0.717, 1.165) is 0 Å². The van der Waals surface area contributed by atoms with Crippen LogP contribution in [-0.2, 0) is 24.0 Å². The number of nitrogens with two attached hydrogens (primary N) is 2. The minimum Gasteiger partial charge on any atom is -0.480 e. The highest BCUT2D eigenvalue weighted by molar-refractivity contribution is 7.98. The first-order chi connectivity index (χ1) is 13.1. The third-order valence-electron chi connectivity index (χ3n) is 3.51. The van der Waals surface area contributed by atoms with Crippen molar-refractivity contribution in [3.63, 3.8) is 0 Å². The van der Waals surface area contributed by atoms with E-state index in [-0.39, 0.29) is 12.8 Å². The molecule has 0 aliphatic rings. The fourth-order valence-corrected chi connectivity index (χ4v) is 2.45. The predicted octanol–water partition coefficient (Wildman–Crippen LogP) is -3.50. The highest BCUT2D eigenvalue weighted by Crippen LogP contribution is 2.03. The Labute approximate surface area is 166 Å². The molecule has 0 aromatic heterocycles. The number of aliphatic hydroxyl groups is 1. The second-order valence-corrected chi connectivity index (χ2v) is 6.80.